The van der Waals surface area contributed by atoms with Crippen LogP contribution in [0, 0.1) is 0 Å². The van der Waals surface area contributed by atoms with Gasteiger partial charge < -0.3 is 10.1 Å². The van der Waals surface area contributed by atoms with Gasteiger partial charge in [-0.15, -0.1) is 0 Å². The lowest BCUT2D eigenvalue weighted by Gasteiger charge is -2.11. The van der Waals surface area contributed by atoms with Crippen molar-refractivity contribution in [3.05, 3.63) is 20.8 Å². The maximum absolute atomic E-state index is 12.2. The molecular weight excluding hydrogens is 262 g/mol. The first kappa shape index (κ1) is 14.3. The molecule has 0 bridgehead atoms. The van der Waals surface area contributed by atoms with Gasteiger partial charge in [-0.2, -0.15) is 0 Å². The zero-order valence-electron chi connectivity index (χ0n) is 12.1. The van der Waals surface area contributed by atoms with Crippen molar-refractivity contribution in [3.8, 4) is 0 Å². The molecule has 0 aliphatic heterocycles. The number of nitrogens with one attached hydrogen (secondary N) is 1. The molecule has 0 unspecified atom stereocenters. The molecule has 0 radical (unpaired) electrons. The first-order chi connectivity index (χ1) is 9.52. The molecule has 0 aromatic carbocycles. The molecule has 2 heterocycles. The van der Waals surface area contributed by atoms with Crippen LogP contribution >= 0.6 is 0 Å². The monoisotopic (exact) mass is 281 g/mol. The SMILES string of the molecule is CCNc1nc2c(=O)n(C)c(=O)n(C)c2n1CCOC. The third-order valence-corrected chi connectivity index (χ3v) is 3.19. The summed E-state index contributed by atoms with van der Waals surface area (Å²) in [4.78, 5) is 28.5. The molecule has 0 saturated carbocycles. The minimum atomic E-state index is -0.390. The summed E-state index contributed by atoms with van der Waals surface area (Å²) in [6, 6.07) is 0. The van der Waals surface area contributed by atoms with Crippen LogP contribution in [0.4, 0.5) is 5.95 Å². The molecule has 1 N–H and O–H groups in total. The molecule has 2 aromatic heterocycles. The van der Waals surface area contributed by atoms with Crippen molar-refractivity contribution in [2.75, 3.05) is 25.6 Å². The van der Waals surface area contributed by atoms with Crippen molar-refractivity contribution >= 4 is 17.1 Å². The number of ether oxygens (including phenoxy) is 1. The molecule has 2 aromatic rings. The van der Waals surface area contributed by atoms with Crippen LogP contribution < -0.4 is 16.6 Å². The largest absolute Gasteiger partial charge is 0.383 e. The first-order valence-electron chi connectivity index (χ1n) is 6.42. The number of hydrogen-bond donors (Lipinski definition) is 1. The number of hydrogen-bond acceptors (Lipinski definition) is 5. The van der Waals surface area contributed by atoms with Crippen molar-refractivity contribution < 1.29 is 4.74 Å². The Bertz CT molecular complexity index is 740. The molecule has 0 aliphatic carbocycles. The van der Waals surface area contributed by atoms with Gasteiger partial charge in [-0.1, -0.05) is 0 Å². The van der Waals surface area contributed by atoms with Gasteiger partial charge in [0.25, 0.3) is 5.56 Å². The van der Waals surface area contributed by atoms with Gasteiger partial charge in [0, 0.05) is 27.7 Å². The molecular formula is C12H19N5O3. The quantitative estimate of drug-likeness (QED) is 0.800. The van der Waals surface area contributed by atoms with Gasteiger partial charge in [-0.25, -0.2) is 9.78 Å². The van der Waals surface area contributed by atoms with Gasteiger partial charge in [0.1, 0.15) is 0 Å². The van der Waals surface area contributed by atoms with Crippen LogP contribution in [-0.4, -0.2) is 38.9 Å². The topological polar surface area (TPSA) is 83.1 Å². The highest BCUT2D eigenvalue weighted by Gasteiger charge is 2.18. The molecule has 0 spiro atoms. The predicted molar refractivity (Wildman–Crippen MR) is 76.3 cm³/mol. The number of fused-ring (bicyclic) bond motifs is 1. The average Bonchev–Trinajstić information content (AvgIpc) is 2.79. The van der Waals surface area contributed by atoms with E-state index in [1.165, 1.54) is 11.6 Å². The second-order valence-electron chi connectivity index (χ2n) is 4.49. The van der Waals surface area contributed by atoms with Crippen LogP contribution in [0.5, 0.6) is 0 Å². The molecule has 110 valence electrons. The van der Waals surface area contributed by atoms with Gasteiger partial charge in [0.05, 0.1) is 13.2 Å². The Balaban J connectivity index is 2.82. The maximum Gasteiger partial charge on any atom is 0.332 e. The van der Waals surface area contributed by atoms with Gasteiger partial charge in [0.15, 0.2) is 11.2 Å². The number of anilines is 1. The number of aromatic nitrogens is 4. The summed E-state index contributed by atoms with van der Waals surface area (Å²) in [6.07, 6.45) is 0. The van der Waals surface area contributed by atoms with Gasteiger partial charge >= 0.3 is 5.69 Å². The highest BCUT2D eigenvalue weighted by atomic mass is 16.5. The molecule has 0 fully saturated rings. The molecule has 0 amide bonds. The van der Waals surface area contributed by atoms with Gasteiger partial charge in [-0.3, -0.25) is 18.5 Å². The fourth-order valence-electron chi connectivity index (χ4n) is 2.18. The van der Waals surface area contributed by atoms with E-state index in [1.54, 1.807) is 18.7 Å². The molecule has 8 nitrogen and oxygen atoms in total. The van der Waals surface area contributed by atoms with Crippen molar-refractivity contribution in [2.24, 2.45) is 14.1 Å². The second kappa shape index (κ2) is 5.49. The van der Waals surface area contributed by atoms with E-state index in [4.69, 9.17) is 4.74 Å². The summed E-state index contributed by atoms with van der Waals surface area (Å²) < 4.78 is 9.36. The average molecular weight is 281 g/mol. The van der Waals surface area contributed by atoms with Crippen LogP contribution in [-0.2, 0) is 25.4 Å². The van der Waals surface area contributed by atoms with Crippen molar-refractivity contribution in [2.45, 2.75) is 13.5 Å². The molecule has 20 heavy (non-hydrogen) atoms. The van der Waals surface area contributed by atoms with Crippen LogP contribution in [0.1, 0.15) is 6.92 Å². The molecule has 0 saturated heterocycles. The summed E-state index contributed by atoms with van der Waals surface area (Å²) in [7, 11) is 4.68. The fraction of sp³-hybridized carbons (Fsp3) is 0.583. The fourth-order valence-corrected chi connectivity index (χ4v) is 2.18. The minimum absolute atomic E-state index is 0.279. The summed E-state index contributed by atoms with van der Waals surface area (Å²) in [5.74, 6) is 0.567. The van der Waals surface area contributed by atoms with Crippen LogP contribution in [0.2, 0.25) is 0 Å². The summed E-state index contributed by atoms with van der Waals surface area (Å²) in [5, 5.41) is 3.10. The van der Waals surface area contributed by atoms with E-state index in [0.29, 0.717) is 31.3 Å². The Morgan fingerprint density at radius 1 is 1.25 bits per heavy atom. The highest BCUT2D eigenvalue weighted by molar-refractivity contribution is 5.74. The minimum Gasteiger partial charge on any atom is -0.383 e. The Morgan fingerprint density at radius 3 is 2.55 bits per heavy atom. The summed E-state index contributed by atoms with van der Waals surface area (Å²) >= 11 is 0. The van der Waals surface area contributed by atoms with Crippen LogP contribution in [0.15, 0.2) is 9.59 Å². The standard InChI is InChI=1S/C12H19N5O3/c1-5-13-11-14-8-9(17(11)6-7-20-4)15(2)12(19)16(3)10(8)18/h5-7H2,1-4H3,(H,13,14). The van der Waals surface area contributed by atoms with E-state index >= 15 is 0 Å². The maximum atomic E-state index is 12.2. The Morgan fingerprint density at radius 2 is 1.95 bits per heavy atom. The van der Waals surface area contributed by atoms with Crippen molar-refractivity contribution in [3.63, 3.8) is 0 Å². The number of nitrogens with zero attached hydrogens (tertiary/aromatic N) is 4. The van der Waals surface area contributed by atoms with E-state index in [9.17, 15) is 9.59 Å². The van der Waals surface area contributed by atoms with Gasteiger partial charge in [-0.05, 0) is 6.92 Å². The molecule has 0 aliphatic rings. The van der Waals surface area contributed by atoms with E-state index in [1.807, 2.05) is 6.92 Å². The lowest BCUT2D eigenvalue weighted by atomic mass is 10.5. The normalized spacial score (nSPS) is 11.2. The van der Waals surface area contributed by atoms with Gasteiger partial charge in [0.2, 0.25) is 5.95 Å². The zero-order valence-corrected chi connectivity index (χ0v) is 12.1. The van der Waals surface area contributed by atoms with Crippen LogP contribution in [0.3, 0.4) is 0 Å². The Kier molecular flexibility index (Phi) is 3.93. The van der Waals surface area contributed by atoms with Crippen LogP contribution in [0.25, 0.3) is 11.2 Å². The summed E-state index contributed by atoms with van der Waals surface area (Å²) in [5.41, 5.74) is 0.0234. The van der Waals surface area contributed by atoms with E-state index in [0.717, 1.165) is 4.57 Å². The predicted octanol–water partition coefficient (Wildman–Crippen LogP) is -0.488. The van der Waals surface area contributed by atoms with E-state index < -0.39 is 5.56 Å². The number of methoxy groups -OCH3 is 1. The lowest BCUT2D eigenvalue weighted by Crippen LogP contribution is -2.37. The third-order valence-electron chi connectivity index (χ3n) is 3.19. The van der Waals surface area contributed by atoms with E-state index in [-0.39, 0.29) is 11.2 Å². The molecule has 0 atom stereocenters. The molecule has 2 rings (SSSR count). The smallest absolute Gasteiger partial charge is 0.332 e. The first-order valence-corrected chi connectivity index (χ1v) is 6.42. The second-order valence-corrected chi connectivity index (χ2v) is 4.49. The Labute approximate surface area is 115 Å². The van der Waals surface area contributed by atoms with Crippen molar-refractivity contribution in [1.82, 2.24) is 18.7 Å². The number of aryl methyl sites for hydroxylation is 1. The molecule has 8 heteroatoms. The zero-order chi connectivity index (χ0) is 14.9. The Hall–Kier alpha value is -2.09. The van der Waals surface area contributed by atoms with E-state index in [2.05, 4.69) is 10.3 Å². The third kappa shape index (κ3) is 2.11. The highest BCUT2D eigenvalue weighted by Crippen LogP contribution is 2.15. The number of rotatable bonds is 5. The van der Waals surface area contributed by atoms with Crippen molar-refractivity contribution in [1.29, 1.82) is 0 Å². The number of imidazole rings is 1. The summed E-state index contributed by atoms with van der Waals surface area (Å²) in [6.45, 7) is 3.59. The lowest BCUT2D eigenvalue weighted by molar-refractivity contribution is 0.188.